The third kappa shape index (κ3) is 4.09. The number of nitrogens with zero attached hydrogens (tertiary/aromatic N) is 3. The van der Waals surface area contributed by atoms with Crippen LogP contribution in [0.4, 0.5) is 5.69 Å². The molecule has 3 aromatic rings. The molecule has 6 heteroatoms. The molecule has 5 nitrogen and oxygen atoms in total. The van der Waals surface area contributed by atoms with Gasteiger partial charge in [0.2, 0.25) is 5.91 Å². The lowest BCUT2D eigenvalue weighted by Gasteiger charge is -2.11. The maximum Gasteiger partial charge on any atom is 0.234 e. The Morgan fingerprint density at radius 1 is 1.08 bits per heavy atom. The van der Waals surface area contributed by atoms with E-state index in [1.54, 1.807) is 6.33 Å². The highest BCUT2D eigenvalue weighted by Gasteiger charge is 2.12. The summed E-state index contributed by atoms with van der Waals surface area (Å²) in [5, 5.41) is 11.8. The molecule has 0 radical (unpaired) electrons. The van der Waals surface area contributed by atoms with Crippen molar-refractivity contribution >= 4 is 23.4 Å². The third-order valence-corrected chi connectivity index (χ3v) is 4.85. The van der Waals surface area contributed by atoms with E-state index in [0.29, 0.717) is 5.16 Å². The average Bonchev–Trinajstić information content (AvgIpc) is 3.06. The smallest absolute Gasteiger partial charge is 0.234 e. The van der Waals surface area contributed by atoms with Crippen molar-refractivity contribution in [2.45, 2.75) is 25.9 Å². The molecule has 128 valence electrons. The van der Waals surface area contributed by atoms with Crippen LogP contribution in [0.25, 0.3) is 5.69 Å². The summed E-state index contributed by atoms with van der Waals surface area (Å²) in [6, 6.07) is 14.1. The van der Waals surface area contributed by atoms with E-state index in [1.165, 1.54) is 17.3 Å². The van der Waals surface area contributed by atoms with Crippen molar-refractivity contribution in [3.8, 4) is 5.69 Å². The van der Waals surface area contributed by atoms with Crippen LogP contribution in [0.5, 0.6) is 0 Å². The van der Waals surface area contributed by atoms with E-state index in [1.807, 2.05) is 67.8 Å². The average molecular weight is 352 g/mol. The van der Waals surface area contributed by atoms with Crippen molar-refractivity contribution in [2.24, 2.45) is 0 Å². The Kier molecular flexibility index (Phi) is 5.19. The van der Waals surface area contributed by atoms with Crippen molar-refractivity contribution in [3.05, 3.63) is 65.5 Å². The highest BCUT2D eigenvalue weighted by Crippen LogP contribution is 2.22. The molecule has 3 rings (SSSR count). The lowest BCUT2D eigenvalue weighted by Crippen LogP contribution is -2.16. The Hall–Kier alpha value is -2.60. The summed E-state index contributed by atoms with van der Waals surface area (Å²) < 4.78 is 1.89. The van der Waals surface area contributed by atoms with E-state index in [9.17, 15) is 4.79 Å². The molecule has 0 saturated carbocycles. The molecule has 1 amide bonds. The van der Waals surface area contributed by atoms with Crippen LogP contribution in [0.15, 0.2) is 53.9 Å². The van der Waals surface area contributed by atoms with Crippen LogP contribution in [0, 0.1) is 20.8 Å². The lowest BCUT2D eigenvalue weighted by atomic mass is 10.1. The van der Waals surface area contributed by atoms with Gasteiger partial charge >= 0.3 is 0 Å². The first-order valence-corrected chi connectivity index (χ1v) is 8.99. The predicted octanol–water partition coefficient (Wildman–Crippen LogP) is 3.92. The van der Waals surface area contributed by atoms with Crippen LogP contribution in [0.1, 0.15) is 16.7 Å². The molecule has 0 fully saturated rings. The number of hydrogen-bond donors (Lipinski definition) is 1. The molecule has 1 N–H and O–H groups in total. The molecule has 0 aliphatic carbocycles. The maximum atomic E-state index is 12.3. The van der Waals surface area contributed by atoms with E-state index in [4.69, 9.17) is 0 Å². The van der Waals surface area contributed by atoms with E-state index >= 15 is 0 Å². The molecule has 0 saturated heterocycles. The number of amides is 1. The summed E-state index contributed by atoms with van der Waals surface area (Å²) in [6.45, 7) is 6.02. The molecule has 25 heavy (non-hydrogen) atoms. The molecule has 0 unspecified atom stereocenters. The molecule has 0 atom stereocenters. The number of nitrogens with one attached hydrogen (secondary N) is 1. The zero-order valence-corrected chi connectivity index (χ0v) is 15.3. The first-order valence-electron chi connectivity index (χ1n) is 8.00. The molecular weight excluding hydrogens is 332 g/mol. The van der Waals surface area contributed by atoms with Crippen molar-refractivity contribution in [1.29, 1.82) is 0 Å². The number of rotatable bonds is 5. The van der Waals surface area contributed by atoms with Gasteiger partial charge < -0.3 is 5.32 Å². The number of carbonyl (C=O) groups excluding carboxylic acids is 1. The minimum absolute atomic E-state index is 0.0548. The van der Waals surface area contributed by atoms with E-state index < -0.39 is 0 Å². The van der Waals surface area contributed by atoms with Gasteiger partial charge in [-0.1, -0.05) is 47.7 Å². The summed E-state index contributed by atoms with van der Waals surface area (Å²) in [6.07, 6.45) is 1.66. The second-order valence-corrected chi connectivity index (χ2v) is 6.87. The highest BCUT2D eigenvalue weighted by molar-refractivity contribution is 7.99. The Morgan fingerprint density at radius 3 is 2.44 bits per heavy atom. The van der Waals surface area contributed by atoms with Gasteiger partial charge in [0.05, 0.1) is 5.75 Å². The summed E-state index contributed by atoms with van der Waals surface area (Å²) in [5.74, 6) is 0.221. The van der Waals surface area contributed by atoms with Gasteiger partial charge in [-0.25, -0.2) is 0 Å². The fraction of sp³-hybridized carbons (Fsp3) is 0.211. The molecule has 0 aliphatic rings. The number of carbonyl (C=O) groups is 1. The first-order chi connectivity index (χ1) is 12.0. The van der Waals surface area contributed by atoms with Gasteiger partial charge in [-0.05, 0) is 44.0 Å². The minimum Gasteiger partial charge on any atom is -0.325 e. The molecular formula is C19H20N4OS. The summed E-state index contributed by atoms with van der Waals surface area (Å²) >= 11 is 1.37. The number of aromatic nitrogens is 3. The fourth-order valence-electron chi connectivity index (χ4n) is 2.52. The zero-order valence-electron chi connectivity index (χ0n) is 14.5. The van der Waals surface area contributed by atoms with E-state index in [0.717, 1.165) is 22.5 Å². The monoisotopic (exact) mass is 352 g/mol. The van der Waals surface area contributed by atoms with Crippen LogP contribution in [-0.2, 0) is 4.79 Å². The number of aryl methyl sites for hydroxylation is 3. The van der Waals surface area contributed by atoms with Crippen molar-refractivity contribution in [3.63, 3.8) is 0 Å². The van der Waals surface area contributed by atoms with Crippen molar-refractivity contribution in [2.75, 3.05) is 11.1 Å². The van der Waals surface area contributed by atoms with Gasteiger partial charge in [0, 0.05) is 11.4 Å². The lowest BCUT2D eigenvalue weighted by molar-refractivity contribution is -0.113. The van der Waals surface area contributed by atoms with Gasteiger partial charge in [0.15, 0.2) is 5.16 Å². The third-order valence-electron chi connectivity index (χ3n) is 3.91. The van der Waals surface area contributed by atoms with Crippen LogP contribution in [0.2, 0.25) is 0 Å². The normalized spacial score (nSPS) is 10.7. The van der Waals surface area contributed by atoms with Crippen molar-refractivity contribution in [1.82, 2.24) is 14.8 Å². The van der Waals surface area contributed by atoms with E-state index in [-0.39, 0.29) is 11.7 Å². The van der Waals surface area contributed by atoms with Gasteiger partial charge in [-0.2, -0.15) is 0 Å². The SMILES string of the molecule is Cc1ccc(-n2cnnc2SCC(=O)Nc2c(C)cccc2C)cc1. The van der Waals surface area contributed by atoms with Crippen LogP contribution in [-0.4, -0.2) is 26.4 Å². The second-order valence-electron chi connectivity index (χ2n) is 5.92. The van der Waals surface area contributed by atoms with Gasteiger partial charge in [-0.3, -0.25) is 9.36 Å². The second kappa shape index (κ2) is 7.53. The van der Waals surface area contributed by atoms with Crippen LogP contribution < -0.4 is 5.32 Å². The summed E-state index contributed by atoms with van der Waals surface area (Å²) in [4.78, 5) is 12.3. The van der Waals surface area contributed by atoms with Crippen LogP contribution >= 0.6 is 11.8 Å². The Morgan fingerprint density at radius 2 is 1.76 bits per heavy atom. The summed E-state index contributed by atoms with van der Waals surface area (Å²) in [7, 11) is 0. The van der Waals surface area contributed by atoms with Gasteiger partial charge in [-0.15, -0.1) is 10.2 Å². The number of thioether (sulfide) groups is 1. The van der Waals surface area contributed by atoms with Gasteiger partial charge in [0.25, 0.3) is 0 Å². The first kappa shape index (κ1) is 17.2. The molecule has 0 bridgehead atoms. The predicted molar refractivity (Wildman–Crippen MR) is 101 cm³/mol. The van der Waals surface area contributed by atoms with E-state index in [2.05, 4.69) is 15.5 Å². The number of anilines is 1. The quantitative estimate of drug-likeness (QED) is 0.707. The Labute approximate surface area is 151 Å². The maximum absolute atomic E-state index is 12.3. The number of para-hydroxylation sites is 1. The van der Waals surface area contributed by atoms with Crippen molar-refractivity contribution < 1.29 is 4.79 Å². The standard InChI is InChI=1S/C19H20N4OS/c1-13-7-9-16(10-8-13)23-12-20-22-19(23)25-11-17(24)21-18-14(2)5-4-6-15(18)3/h4-10,12H,11H2,1-3H3,(H,21,24). The topological polar surface area (TPSA) is 59.8 Å². The molecule has 2 aromatic carbocycles. The molecule has 0 aliphatic heterocycles. The zero-order chi connectivity index (χ0) is 17.8. The summed E-state index contributed by atoms with van der Waals surface area (Å²) in [5.41, 5.74) is 5.17. The molecule has 1 aromatic heterocycles. The minimum atomic E-state index is -0.0548. The highest BCUT2D eigenvalue weighted by atomic mass is 32.2. The molecule has 1 heterocycles. The number of benzene rings is 2. The van der Waals surface area contributed by atoms with Crippen LogP contribution in [0.3, 0.4) is 0 Å². The Bertz CT molecular complexity index is 866. The Balaban J connectivity index is 1.67. The molecule has 0 spiro atoms. The fourth-order valence-corrected chi connectivity index (χ4v) is 3.25. The largest absolute Gasteiger partial charge is 0.325 e. The number of hydrogen-bond acceptors (Lipinski definition) is 4. The van der Waals surface area contributed by atoms with Gasteiger partial charge in [0.1, 0.15) is 6.33 Å².